The minimum Gasteiger partial charge on any atom is -0.374 e. The number of morpholine rings is 1. The van der Waals surface area contributed by atoms with Gasteiger partial charge in [0.25, 0.3) is 0 Å². The van der Waals surface area contributed by atoms with E-state index >= 15 is 0 Å². The molecule has 110 valence electrons. The third kappa shape index (κ3) is 2.80. The lowest BCUT2D eigenvalue weighted by molar-refractivity contribution is -0.146. The van der Waals surface area contributed by atoms with Crippen LogP contribution in [0.3, 0.4) is 0 Å². The van der Waals surface area contributed by atoms with Crippen molar-refractivity contribution in [2.24, 2.45) is 7.05 Å². The lowest BCUT2D eigenvalue weighted by atomic mass is 9.90. The molecule has 2 fully saturated rings. The summed E-state index contributed by atoms with van der Waals surface area (Å²) in [5, 5.41) is 11.9. The van der Waals surface area contributed by atoms with E-state index in [1.807, 2.05) is 4.90 Å². The van der Waals surface area contributed by atoms with Crippen molar-refractivity contribution < 1.29 is 9.53 Å². The Balaban J connectivity index is 1.59. The lowest BCUT2D eigenvalue weighted by Gasteiger charge is -2.43. The topological polar surface area (TPSA) is 73.1 Å². The molecule has 0 N–H and O–H groups in total. The third-order valence-corrected chi connectivity index (χ3v) is 4.95. The summed E-state index contributed by atoms with van der Waals surface area (Å²) in [5.74, 6) is 0.551. The Morgan fingerprint density at radius 3 is 3.10 bits per heavy atom. The highest BCUT2D eigenvalue weighted by Gasteiger charge is 2.36. The fourth-order valence-corrected chi connectivity index (χ4v) is 3.69. The third-order valence-electron chi connectivity index (χ3n) is 3.96. The fourth-order valence-electron chi connectivity index (χ4n) is 2.96. The Hall–Kier alpha value is -1.15. The van der Waals surface area contributed by atoms with Crippen molar-refractivity contribution in [1.29, 1.82) is 0 Å². The van der Waals surface area contributed by atoms with Crippen molar-refractivity contribution in [2.45, 2.75) is 43.0 Å². The Kier molecular flexibility index (Phi) is 4.21. The molecule has 0 bridgehead atoms. The number of ether oxygens (including phenoxy) is 1. The smallest absolute Gasteiger partial charge is 0.233 e. The molecule has 1 amide bonds. The van der Waals surface area contributed by atoms with Crippen LogP contribution in [0.15, 0.2) is 5.16 Å². The number of nitrogens with zero attached hydrogens (tertiary/aromatic N) is 5. The predicted molar refractivity (Wildman–Crippen MR) is 73.2 cm³/mol. The molecular weight excluding hydrogens is 278 g/mol. The van der Waals surface area contributed by atoms with Gasteiger partial charge in [0, 0.05) is 13.6 Å². The molecule has 1 aromatic rings. The van der Waals surface area contributed by atoms with Crippen LogP contribution < -0.4 is 0 Å². The van der Waals surface area contributed by atoms with Gasteiger partial charge in [0.05, 0.1) is 24.5 Å². The number of rotatable bonds is 3. The van der Waals surface area contributed by atoms with Crippen molar-refractivity contribution in [1.82, 2.24) is 25.1 Å². The molecule has 1 aliphatic carbocycles. The van der Waals surface area contributed by atoms with E-state index in [0.29, 0.717) is 24.1 Å². The molecule has 8 heteroatoms. The van der Waals surface area contributed by atoms with Gasteiger partial charge in [-0.15, -0.1) is 5.10 Å². The molecule has 2 heterocycles. The maximum absolute atomic E-state index is 12.4. The van der Waals surface area contributed by atoms with E-state index in [-0.39, 0.29) is 18.1 Å². The second-order valence-corrected chi connectivity index (χ2v) is 6.16. The van der Waals surface area contributed by atoms with E-state index in [4.69, 9.17) is 4.74 Å². The maximum Gasteiger partial charge on any atom is 0.233 e. The first-order valence-corrected chi connectivity index (χ1v) is 8.00. The maximum atomic E-state index is 12.4. The molecule has 0 radical (unpaired) electrons. The van der Waals surface area contributed by atoms with Crippen LogP contribution in [-0.2, 0) is 16.6 Å². The molecule has 2 aliphatic rings. The van der Waals surface area contributed by atoms with Crippen molar-refractivity contribution in [3.05, 3.63) is 0 Å². The fraction of sp³-hybridized carbons (Fsp3) is 0.833. The van der Waals surface area contributed by atoms with Gasteiger partial charge in [-0.2, -0.15) is 0 Å². The zero-order valence-corrected chi connectivity index (χ0v) is 12.4. The van der Waals surface area contributed by atoms with Crippen LogP contribution in [0.4, 0.5) is 0 Å². The highest BCUT2D eigenvalue weighted by Crippen LogP contribution is 2.29. The van der Waals surface area contributed by atoms with Gasteiger partial charge in [-0.05, 0) is 23.3 Å². The molecular formula is C12H19N5O2S. The second kappa shape index (κ2) is 6.09. The van der Waals surface area contributed by atoms with Gasteiger partial charge in [-0.25, -0.2) is 4.68 Å². The monoisotopic (exact) mass is 297 g/mol. The van der Waals surface area contributed by atoms with E-state index in [1.54, 1.807) is 11.7 Å². The van der Waals surface area contributed by atoms with E-state index < -0.39 is 0 Å². The molecule has 2 atom stereocenters. The molecule has 1 saturated carbocycles. The number of aryl methyl sites for hydroxylation is 1. The molecule has 0 aromatic carbocycles. The standard InChI is InChI=1S/C12H19N5O2S/c1-16-12(13-14-15-16)20-8-11(18)17-6-7-19-10-5-3-2-4-9(10)17/h9-10H,2-8H2,1H3. The first-order chi connectivity index (χ1) is 9.75. The van der Waals surface area contributed by atoms with Gasteiger partial charge in [-0.1, -0.05) is 24.6 Å². The van der Waals surface area contributed by atoms with Crippen LogP contribution in [0.25, 0.3) is 0 Å². The highest BCUT2D eigenvalue weighted by atomic mass is 32.2. The van der Waals surface area contributed by atoms with Gasteiger partial charge < -0.3 is 9.64 Å². The molecule has 2 unspecified atom stereocenters. The Morgan fingerprint density at radius 1 is 1.45 bits per heavy atom. The first-order valence-electron chi connectivity index (χ1n) is 7.02. The van der Waals surface area contributed by atoms with Gasteiger partial charge in [0.15, 0.2) is 0 Å². The summed E-state index contributed by atoms with van der Waals surface area (Å²) in [6.45, 7) is 1.36. The summed E-state index contributed by atoms with van der Waals surface area (Å²) in [4.78, 5) is 14.4. The average molecular weight is 297 g/mol. The van der Waals surface area contributed by atoms with Crippen LogP contribution in [0.2, 0.25) is 0 Å². The van der Waals surface area contributed by atoms with Gasteiger partial charge in [0.2, 0.25) is 11.1 Å². The van der Waals surface area contributed by atoms with Crippen molar-refractivity contribution in [3.63, 3.8) is 0 Å². The summed E-state index contributed by atoms with van der Waals surface area (Å²) in [7, 11) is 1.78. The minimum atomic E-state index is 0.165. The van der Waals surface area contributed by atoms with E-state index in [1.165, 1.54) is 24.6 Å². The first kappa shape index (κ1) is 13.8. The number of carbonyl (C=O) groups excluding carboxylic acids is 1. The SMILES string of the molecule is Cn1nnnc1SCC(=O)N1CCOC2CCCCC21. The van der Waals surface area contributed by atoms with Gasteiger partial charge in [0.1, 0.15) is 0 Å². The normalized spacial score (nSPS) is 26.4. The Labute approximate surface area is 122 Å². The molecule has 1 saturated heterocycles. The largest absolute Gasteiger partial charge is 0.374 e. The number of hydrogen-bond donors (Lipinski definition) is 0. The summed E-state index contributed by atoms with van der Waals surface area (Å²) in [6, 6.07) is 0.267. The summed E-state index contributed by atoms with van der Waals surface area (Å²) in [6.07, 6.45) is 4.78. The number of hydrogen-bond acceptors (Lipinski definition) is 6. The number of thioether (sulfide) groups is 1. The summed E-state index contributed by atoms with van der Waals surface area (Å²) in [5.41, 5.74) is 0. The van der Waals surface area contributed by atoms with E-state index in [0.717, 1.165) is 12.8 Å². The van der Waals surface area contributed by atoms with Crippen molar-refractivity contribution in [2.75, 3.05) is 18.9 Å². The molecule has 7 nitrogen and oxygen atoms in total. The van der Waals surface area contributed by atoms with Crippen LogP contribution in [0.1, 0.15) is 25.7 Å². The molecule has 20 heavy (non-hydrogen) atoms. The number of tetrazole rings is 1. The van der Waals surface area contributed by atoms with Gasteiger partial charge in [-0.3, -0.25) is 4.79 Å². The predicted octanol–water partition coefficient (Wildman–Crippen LogP) is 0.472. The Morgan fingerprint density at radius 2 is 2.30 bits per heavy atom. The van der Waals surface area contributed by atoms with E-state index in [9.17, 15) is 4.79 Å². The Bertz CT molecular complexity index is 478. The lowest BCUT2D eigenvalue weighted by Crippen LogP contribution is -2.55. The average Bonchev–Trinajstić information content (AvgIpc) is 2.89. The molecule has 0 spiro atoms. The van der Waals surface area contributed by atoms with Crippen molar-refractivity contribution >= 4 is 17.7 Å². The van der Waals surface area contributed by atoms with E-state index in [2.05, 4.69) is 15.5 Å². The van der Waals surface area contributed by atoms with Gasteiger partial charge >= 0.3 is 0 Å². The number of amides is 1. The molecule has 1 aliphatic heterocycles. The zero-order valence-electron chi connectivity index (χ0n) is 11.6. The minimum absolute atomic E-state index is 0.165. The van der Waals surface area contributed by atoms with Crippen molar-refractivity contribution in [3.8, 4) is 0 Å². The number of carbonyl (C=O) groups is 1. The summed E-state index contributed by atoms with van der Waals surface area (Å²) >= 11 is 1.39. The quantitative estimate of drug-likeness (QED) is 0.755. The van der Waals surface area contributed by atoms with Crippen LogP contribution >= 0.6 is 11.8 Å². The second-order valence-electron chi connectivity index (χ2n) is 5.22. The van der Waals surface area contributed by atoms with Crippen LogP contribution in [0, 0.1) is 0 Å². The molecule has 3 rings (SSSR count). The van der Waals surface area contributed by atoms with Crippen LogP contribution in [-0.4, -0.2) is 62.1 Å². The van der Waals surface area contributed by atoms with Crippen LogP contribution in [0.5, 0.6) is 0 Å². The zero-order chi connectivity index (χ0) is 13.9. The molecule has 1 aromatic heterocycles. The summed E-state index contributed by atoms with van der Waals surface area (Å²) < 4.78 is 7.38. The highest BCUT2D eigenvalue weighted by molar-refractivity contribution is 7.99. The number of aromatic nitrogens is 4. The number of fused-ring (bicyclic) bond motifs is 1.